The Hall–Kier alpha value is -0.610. The van der Waals surface area contributed by atoms with E-state index in [4.69, 9.17) is 0 Å². The van der Waals surface area contributed by atoms with Crippen LogP contribution in [-0.2, 0) is 6.67 Å². The standard InChI is InChI=1S/C12H16BrFN2/c13-11-7-9(8-14)1-2-12(11)16-10-3-5-15-6-4-10/h1-2,7,10,15-16H,3-6,8H2. The van der Waals surface area contributed by atoms with Gasteiger partial charge in [0, 0.05) is 16.2 Å². The number of anilines is 1. The van der Waals surface area contributed by atoms with Crippen LogP contribution in [0.3, 0.4) is 0 Å². The van der Waals surface area contributed by atoms with Crippen molar-refractivity contribution in [2.45, 2.75) is 25.6 Å². The molecule has 1 aromatic carbocycles. The highest BCUT2D eigenvalue weighted by Gasteiger charge is 2.13. The molecule has 0 atom stereocenters. The van der Waals surface area contributed by atoms with Crippen molar-refractivity contribution in [3.05, 3.63) is 28.2 Å². The van der Waals surface area contributed by atoms with Crippen LogP contribution in [0.2, 0.25) is 0 Å². The number of benzene rings is 1. The normalized spacial score (nSPS) is 17.4. The molecule has 0 radical (unpaired) electrons. The van der Waals surface area contributed by atoms with Crippen molar-refractivity contribution in [3.8, 4) is 0 Å². The molecule has 0 unspecified atom stereocenters. The maximum absolute atomic E-state index is 12.4. The molecule has 1 heterocycles. The van der Waals surface area contributed by atoms with Crippen molar-refractivity contribution >= 4 is 21.6 Å². The van der Waals surface area contributed by atoms with Crippen LogP contribution in [-0.4, -0.2) is 19.1 Å². The van der Waals surface area contributed by atoms with Crippen molar-refractivity contribution in [1.82, 2.24) is 5.32 Å². The van der Waals surface area contributed by atoms with Crippen LogP contribution in [0, 0.1) is 0 Å². The van der Waals surface area contributed by atoms with Gasteiger partial charge in [0.1, 0.15) is 6.67 Å². The van der Waals surface area contributed by atoms with Gasteiger partial charge < -0.3 is 10.6 Å². The Morgan fingerprint density at radius 1 is 1.38 bits per heavy atom. The molecule has 1 aliphatic heterocycles. The summed E-state index contributed by atoms with van der Waals surface area (Å²) in [6.45, 7) is 1.72. The van der Waals surface area contributed by atoms with Gasteiger partial charge in [0.25, 0.3) is 0 Å². The van der Waals surface area contributed by atoms with E-state index >= 15 is 0 Å². The van der Waals surface area contributed by atoms with Crippen LogP contribution >= 0.6 is 15.9 Å². The van der Waals surface area contributed by atoms with Crippen molar-refractivity contribution in [3.63, 3.8) is 0 Å². The number of hydrogen-bond acceptors (Lipinski definition) is 2. The third-order valence-electron chi connectivity index (χ3n) is 2.89. The van der Waals surface area contributed by atoms with E-state index in [1.54, 1.807) is 0 Å². The highest BCUT2D eigenvalue weighted by atomic mass is 79.9. The minimum Gasteiger partial charge on any atom is -0.381 e. The van der Waals surface area contributed by atoms with Gasteiger partial charge in [-0.05, 0) is 59.6 Å². The third kappa shape index (κ3) is 2.95. The molecular weight excluding hydrogens is 271 g/mol. The molecule has 0 saturated carbocycles. The summed E-state index contributed by atoms with van der Waals surface area (Å²) in [5.41, 5.74) is 1.77. The second-order valence-electron chi connectivity index (χ2n) is 4.12. The summed E-state index contributed by atoms with van der Waals surface area (Å²) in [6, 6.07) is 6.13. The molecule has 0 aromatic heterocycles. The molecule has 2 N–H and O–H groups in total. The average Bonchev–Trinajstić information content (AvgIpc) is 2.33. The van der Waals surface area contributed by atoms with E-state index in [-0.39, 0.29) is 0 Å². The first-order valence-electron chi connectivity index (χ1n) is 5.61. The molecule has 16 heavy (non-hydrogen) atoms. The lowest BCUT2D eigenvalue weighted by molar-refractivity contribution is 0.478. The van der Waals surface area contributed by atoms with Crippen LogP contribution in [0.4, 0.5) is 10.1 Å². The lowest BCUT2D eigenvalue weighted by atomic mass is 10.1. The first kappa shape index (κ1) is 11.9. The first-order chi connectivity index (χ1) is 7.79. The number of halogens is 2. The Bertz CT molecular complexity index is 351. The molecule has 2 nitrogen and oxygen atoms in total. The maximum Gasteiger partial charge on any atom is 0.115 e. The summed E-state index contributed by atoms with van der Waals surface area (Å²) in [5.74, 6) is 0. The largest absolute Gasteiger partial charge is 0.381 e. The zero-order valence-corrected chi connectivity index (χ0v) is 10.7. The fourth-order valence-corrected chi connectivity index (χ4v) is 2.49. The minimum atomic E-state index is -0.410. The summed E-state index contributed by atoms with van der Waals surface area (Å²) in [5, 5.41) is 6.82. The highest BCUT2D eigenvalue weighted by Crippen LogP contribution is 2.25. The molecule has 1 saturated heterocycles. The van der Waals surface area contributed by atoms with Crippen LogP contribution < -0.4 is 10.6 Å². The van der Waals surface area contributed by atoms with E-state index < -0.39 is 6.67 Å². The van der Waals surface area contributed by atoms with Gasteiger partial charge >= 0.3 is 0 Å². The molecule has 2 rings (SSSR count). The van der Waals surface area contributed by atoms with Crippen molar-refractivity contribution in [2.24, 2.45) is 0 Å². The van der Waals surface area contributed by atoms with Gasteiger partial charge in [-0.25, -0.2) is 4.39 Å². The van der Waals surface area contributed by atoms with E-state index in [1.165, 1.54) is 0 Å². The monoisotopic (exact) mass is 286 g/mol. The topological polar surface area (TPSA) is 24.1 Å². The first-order valence-corrected chi connectivity index (χ1v) is 6.40. The summed E-state index contributed by atoms with van der Waals surface area (Å²) < 4.78 is 13.4. The van der Waals surface area contributed by atoms with Crippen molar-refractivity contribution in [2.75, 3.05) is 18.4 Å². The van der Waals surface area contributed by atoms with Gasteiger partial charge in [-0.15, -0.1) is 0 Å². The summed E-state index contributed by atoms with van der Waals surface area (Å²) in [7, 11) is 0. The summed E-state index contributed by atoms with van der Waals surface area (Å²) in [6.07, 6.45) is 2.27. The Kier molecular flexibility index (Phi) is 4.18. The molecule has 0 bridgehead atoms. The number of piperidine rings is 1. The summed E-state index contributed by atoms with van der Waals surface area (Å²) >= 11 is 3.47. The molecule has 4 heteroatoms. The lowest BCUT2D eigenvalue weighted by Gasteiger charge is -2.25. The van der Waals surface area contributed by atoms with E-state index in [0.29, 0.717) is 11.6 Å². The Labute approximate surface area is 104 Å². The van der Waals surface area contributed by atoms with Crippen LogP contribution in [0.1, 0.15) is 18.4 Å². The number of rotatable bonds is 3. The van der Waals surface area contributed by atoms with E-state index in [1.807, 2.05) is 18.2 Å². The molecule has 0 aliphatic carbocycles. The predicted molar refractivity (Wildman–Crippen MR) is 68.5 cm³/mol. The van der Waals surface area contributed by atoms with Crippen molar-refractivity contribution in [1.29, 1.82) is 0 Å². The molecule has 0 amide bonds. The molecule has 1 fully saturated rings. The Balaban J connectivity index is 2.03. The van der Waals surface area contributed by atoms with Gasteiger partial charge in [0.05, 0.1) is 0 Å². The maximum atomic E-state index is 12.4. The minimum absolute atomic E-state index is 0.410. The Morgan fingerprint density at radius 3 is 2.75 bits per heavy atom. The molecule has 0 spiro atoms. The molecule has 1 aromatic rings. The van der Waals surface area contributed by atoms with Crippen LogP contribution in [0.15, 0.2) is 22.7 Å². The van der Waals surface area contributed by atoms with Crippen molar-refractivity contribution < 1.29 is 4.39 Å². The van der Waals surface area contributed by atoms with Gasteiger partial charge in [-0.2, -0.15) is 0 Å². The third-order valence-corrected chi connectivity index (χ3v) is 3.54. The van der Waals surface area contributed by atoms with E-state index in [9.17, 15) is 4.39 Å². The van der Waals surface area contributed by atoms with Gasteiger partial charge in [-0.3, -0.25) is 0 Å². The second kappa shape index (κ2) is 5.64. The highest BCUT2D eigenvalue weighted by molar-refractivity contribution is 9.10. The van der Waals surface area contributed by atoms with Gasteiger partial charge in [0.2, 0.25) is 0 Å². The van der Waals surface area contributed by atoms with Gasteiger partial charge in [0.15, 0.2) is 0 Å². The number of nitrogens with one attached hydrogen (secondary N) is 2. The van der Waals surface area contributed by atoms with Crippen LogP contribution in [0.5, 0.6) is 0 Å². The van der Waals surface area contributed by atoms with Crippen LogP contribution in [0.25, 0.3) is 0 Å². The zero-order chi connectivity index (χ0) is 11.4. The molecule has 88 valence electrons. The Morgan fingerprint density at radius 2 is 2.12 bits per heavy atom. The fourth-order valence-electron chi connectivity index (χ4n) is 1.94. The number of hydrogen-bond donors (Lipinski definition) is 2. The fraction of sp³-hybridized carbons (Fsp3) is 0.500. The quantitative estimate of drug-likeness (QED) is 0.892. The smallest absolute Gasteiger partial charge is 0.115 e. The SMILES string of the molecule is FCc1ccc(NC2CCNCC2)c(Br)c1. The molecular formula is C12H16BrFN2. The van der Waals surface area contributed by atoms with E-state index in [0.717, 1.165) is 36.1 Å². The lowest BCUT2D eigenvalue weighted by Crippen LogP contribution is -2.35. The molecule has 1 aliphatic rings. The van der Waals surface area contributed by atoms with Gasteiger partial charge in [-0.1, -0.05) is 6.07 Å². The summed E-state index contributed by atoms with van der Waals surface area (Å²) in [4.78, 5) is 0. The second-order valence-corrected chi connectivity index (χ2v) is 4.97. The van der Waals surface area contributed by atoms with E-state index in [2.05, 4.69) is 26.6 Å². The zero-order valence-electron chi connectivity index (χ0n) is 9.10. The predicted octanol–water partition coefficient (Wildman–Crippen LogP) is 3.08. The average molecular weight is 287 g/mol. The number of alkyl halides is 1.